The number of aromatic hydroxyl groups is 1. The molecule has 0 heterocycles. The molecule has 142 valence electrons. The zero-order chi connectivity index (χ0) is 20.4. The lowest BCUT2D eigenvalue weighted by atomic mass is 10.1. The summed E-state index contributed by atoms with van der Waals surface area (Å²) in [6, 6.07) is 3.09. The molecule has 0 aliphatic carbocycles. The van der Waals surface area contributed by atoms with Gasteiger partial charge in [0, 0.05) is 16.7 Å². The third-order valence-electron chi connectivity index (χ3n) is 3.21. The fourth-order valence-electron chi connectivity index (χ4n) is 2.00. The first kappa shape index (κ1) is 20.5. The van der Waals surface area contributed by atoms with Crippen molar-refractivity contribution in [1.82, 2.24) is 0 Å². The number of benzene rings is 2. The summed E-state index contributed by atoms with van der Waals surface area (Å²) >= 11 is 11.5. The number of nitroso groups, excluding NO2 is 1. The van der Waals surface area contributed by atoms with Gasteiger partial charge in [-0.1, -0.05) is 23.2 Å². The molecule has 0 aliphatic rings. The number of hydrogen-bond donors (Lipinski definition) is 1. The van der Waals surface area contributed by atoms with Gasteiger partial charge in [-0.2, -0.15) is 18.3 Å². The van der Waals surface area contributed by atoms with Crippen LogP contribution in [0.4, 0.5) is 30.2 Å². The number of azo groups is 1. The van der Waals surface area contributed by atoms with Crippen molar-refractivity contribution < 1.29 is 23.2 Å². The molecule has 2 aromatic rings. The van der Waals surface area contributed by atoms with Crippen molar-refractivity contribution in [3.05, 3.63) is 60.5 Å². The normalized spacial score (nSPS) is 11.7. The van der Waals surface area contributed by atoms with Crippen LogP contribution in [0, 0.1) is 15.0 Å². The Bertz CT molecular complexity index is 951. The molecule has 2 rings (SSSR count). The molecule has 13 heteroatoms. The minimum Gasteiger partial charge on any atom is -0.506 e. The van der Waals surface area contributed by atoms with Crippen molar-refractivity contribution in [2.45, 2.75) is 12.7 Å². The first-order valence-corrected chi connectivity index (χ1v) is 7.57. The van der Waals surface area contributed by atoms with E-state index in [-0.39, 0.29) is 34.0 Å². The number of phenolic OH excluding ortho intramolecular Hbond substituents is 1. The van der Waals surface area contributed by atoms with Gasteiger partial charge >= 0.3 is 6.18 Å². The van der Waals surface area contributed by atoms with E-state index in [9.17, 15) is 33.3 Å². The van der Waals surface area contributed by atoms with Gasteiger partial charge in [0.05, 0.1) is 22.1 Å². The van der Waals surface area contributed by atoms with E-state index >= 15 is 0 Å². The van der Waals surface area contributed by atoms with Crippen LogP contribution in [0.25, 0.3) is 0 Å². The Balaban J connectivity index is 2.48. The number of nitro groups is 1. The molecular weight excluding hydrogens is 416 g/mol. The first-order valence-electron chi connectivity index (χ1n) is 6.82. The Hall–Kier alpha value is -2.79. The molecule has 2 aromatic carbocycles. The van der Waals surface area contributed by atoms with E-state index in [1.807, 2.05) is 0 Å². The standard InChI is InChI=1S/C14H7Cl2F3N4O4/c15-8-1-6(13(24)9(16)4-8)5-20-21-12-10(22-25)2-7(14(17,18)19)3-11(12)23(26)27/h1-4,24H,5H2. The lowest BCUT2D eigenvalue weighted by Crippen LogP contribution is -2.05. The molecule has 0 aromatic heterocycles. The van der Waals surface area contributed by atoms with Crippen LogP contribution in [-0.2, 0) is 12.7 Å². The lowest BCUT2D eigenvalue weighted by Gasteiger charge is -2.08. The third kappa shape index (κ3) is 4.68. The van der Waals surface area contributed by atoms with Crippen LogP contribution in [0.1, 0.15) is 11.1 Å². The quantitative estimate of drug-likeness (QED) is 0.262. The molecule has 0 radical (unpaired) electrons. The SMILES string of the molecule is O=Nc1cc(C(F)(F)F)cc([N+](=O)[O-])c1N=NCc1cc(Cl)cc(Cl)c1O. The minimum atomic E-state index is -4.93. The fourth-order valence-corrected chi connectivity index (χ4v) is 2.54. The van der Waals surface area contributed by atoms with E-state index in [1.54, 1.807) is 0 Å². The van der Waals surface area contributed by atoms with Gasteiger partial charge in [0.15, 0.2) is 5.69 Å². The number of phenols is 1. The second kappa shape index (κ2) is 7.84. The molecule has 0 saturated heterocycles. The van der Waals surface area contributed by atoms with Crippen molar-refractivity contribution in [2.24, 2.45) is 15.4 Å². The second-order valence-corrected chi connectivity index (χ2v) is 5.85. The zero-order valence-electron chi connectivity index (χ0n) is 12.9. The molecule has 0 spiro atoms. The molecule has 0 aliphatic heterocycles. The molecule has 1 N–H and O–H groups in total. The molecular formula is C14H7Cl2F3N4O4. The van der Waals surface area contributed by atoms with E-state index in [2.05, 4.69) is 15.4 Å². The van der Waals surface area contributed by atoms with Crippen LogP contribution in [-0.4, -0.2) is 10.0 Å². The van der Waals surface area contributed by atoms with Gasteiger partial charge < -0.3 is 5.11 Å². The number of hydrogen-bond acceptors (Lipinski definition) is 7. The van der Waals surface area contributed by atoms with E-state index in [0.29, 0.717) is 6.07 Å². The molecule has 0 amide bonds. The molecule has 0 atom stereocenters. The maximum Gasteiger partial charge on any atom is 0.416 e. The largest absolute Gasteiger partial charge is 0.506 e. The molecule has 0 saturated carbocycles. The smallest absolute Gasteiger partial charge is 0.416 e. The molecule has 0 unspecified atom stereocenters. The summed E-state index contributed by atoms with van der Waals surface area (Å²) in [5.41, 5.74) is -4.09. The second-order valence-electron chi connectivity index (χ2n) is 5.00. The predicted molar refractivity (Wildman–Crippen MR) is 89.9 cm³/mol. The van der Waals surface area contributed by atoms with Gasteiger partial charge in [0.25, 0.3) is 5.69 Å². The van der Waals surface area contributed by atoms with Crippen molar-refractivity contribution in [2.75, 3.05) is 0 Å². The summed E-state index contributed by atoms with van der Waals surface area (Å²) in [6.45, 7) is -0.372. The Morgan fingerprint density at radius 3 is 2.41 bits per heavy atom. The third-order valence-corrected chi connectivity index (χ3v) is 3.72. The van der Waals surface area contributed by atoms with E-state index in [1.165, 1.54) is 12.1 Å². The van der Waals surface area contributed by atoms with Crippen molar-refractivity contribution in [3.63, 3.8) is 0 Å². The average Bonchev–Trinajstić information content (AvgIpc) is 2.57. The maximum absolute atomic E-state index is 12.8. The molecule has 0 fully saturated rings. The van der Waals surface area contributed by atoms with Crippen LogP contribution in [0.3, 0.4) is 0 Å². The Morgan fingerprint density at radius 2 is 1.85 bits per heavy atom. The number of rotatable bonds is 5. The zero-order valence-corrected chi connectivity index (χ0v) is 14.4. The van der Waals surface area contributed by atoms with Gasteiger partial charge in [0.1, 0.15) is 11.4 Å². The van der Waals surface area contributed by atoms with Crippen LogP contribution < -0.4 is 0 Å². The average molecular weight is 423 g/mol. The fraction of sp³-hybridized carbons (Fsp3) is 0.143. The van der Waals surface area contributed by atoms with Crippen molar-refractivity contribution in [1.29, 1.82) is 0 Å². The number of halogens is 5. The highest BCUT2D eigenvalue weighted by atomic mass is 35.5. The van der Waals surface area contributed by atoms with Crippen molar-refractivity contribution >= 4 is 40.3 Å². The first-order chi connectivity index (χ1) is 12.5. The molecule has 8 nitrogen and oxygen atoms in total. The van der Waals surface area contributed by atoms with Crippen LogP contribution in [0.5, 0.6) is 5.75 Å². The number of alkyl halides is 3. The highest BCUT2D eigenvalue weighted by Gasteiger charge is 2.35. The van der Waals surface area contributed by atoms with Gasteiger partial charge in [-0.25, -0.2) is 0 Å². The summed E-state index contributed by atoms with van der Waals surface area (Å²) in [6.07, 6.45) is -4.93. The van der Waals surface area contributed by atoms with E-state index in [4.69, 9.17) is 23.2 Å². The van der Waals surface area contributed by atoms with Gasteiger partial charge in [-0.15, -0.1) is 10.0 Å². The highest BCUT2D eigenvalue weighted by molar-refractivity contribution is 6.35. The van der Waals surface area contributed by atoms with E-state index < -0.39 is 33.7 Å². The summed E-state index contributed by atoms with van der Waals surface area (Å²) in [7, 11) is 0. The summed E-state index contributed by atoms with van der Waals surface area (Å²) in [4.78, 5) is 20.8. The minimum absolute atomic E-state index is 0.0801. The Morgan fingerprint density at radius 1 is 1.19 bits per heavy atom. The van der Waals surface area contributed by atoms with Crippen LogP contribution >= 0.6 is 23.2 Å². The summed E-state index contributed by atoms with van der Waals surface area (Å²) in [5.74, 6) is -0.365. The van der Waals surface area contributed by atoms with Gasteiger partial charge in [0.2, 0.25) is 0 Å². The van der Waals surface area contributed by atoms with Gasteiger partial charge in [-0.3, -0.25) is 10.1 Å². The van der Waals surface area contributed by atoms with Crippen LogP contribution in [0.15, 0.2) is 39.7 Å². The summed E-state index contributed by atoms with van der Waals surface area (Å²) < 4.78 is 38.4. The number of nitrogens with zero attached hydrogens (tertiary/aromatic N) is 4. The number of nitro benzene ring substituents is 1. The molecule has 27 heavy (non-hydrogen) atoms. The summed E-state index contributed by atoms with van der Waals surface area (Å²) in [5, 5.41) is 30.3. The predicted octanol–water partition coefficient (Wildman–Crippen LogP) is 6.31. The van der Waals surface area contributed by atoms with Gasteiger partial charge in [-0.05, 0) is 23.4 Å². The molecule has 0 bridgehead atoms. The monoisotopic (exact) mass is 422 g/mol. The maximum atomic E-state index is 12.8. The Labute approximate surface area is 158 Å². The highest BCUT2D eigenvalue weighted by Crippen LogP contribution is 2.43. The topological polar surface area (TPSA) is 118 Å². The lowest BCUT2D eigenvalue weighted by molar-refractivity contribution is -0.384. The van der Waals surface area contributed by atoms with Crippen LogP contribution in [0.2, 0.25) is 10.0 Å². The Kier molecular flexibility index (Phi) is 5.96. The van der Waals surface area contributed by atoms with E-state index in [0.717, 1.165) is 0 Å². The van der Waals surface area contributed by atoms with Crippen molar-refractivity contribution in [3.8, 4) is 5.75 Å².